The Hall–Kier alpha value is -1.87. The van der Waals surface area contributed by atoms with Gasteiger partial charge in [-0.2, -0.15) is 0 Å². The van der Waals surface area contributed by atoms with Crippen molar-refractivity contribution >= 4 is 25.2 Å². The van der Waals surface area contributed by atoms with Gasteiger partial charge in [-0.15, -0.1) is 0 Å². The van der Waals surface area contributed by atoms with E-state index in [1.165, 1.54) is 4.46 Å². The summed E-state index contributed by atoms with van der Waals surface area (Å²) in [5.74, 6) is 0.735. The molecule has 0 spiro atoms. The Labute approximate surface area is 137 Å². The zero-order chi connectivity index (χ0) is 15.8. The Morgan fingerprint density at radius 3 is 2.32 bits per heavy atom. The predicted octanol–water partition coefficient (Wildman–Crippen LogP) is 2.44. The molecule has 0 saturated carbocycles. The number of hydrogen-bond donors (Lipinski definition) is 0. The van der Waals surface area contributed by atoms with E-state index in [1.807, 2.05) is 18.2 Å². The molecule has 114 valence electrons. The van der Waals surface area contributed by atoms with Gasteiger partial charge in [0.1, 0.15) is 0 Å². The molecule has 0 heterocycles. The third kappa shape index (κ3) is 4.85. The number of hydrogen-bond acceptors (Lipinski definition) is 3. The standard InChI is InChI=1S/C18H18O3Se/c1-20-13-17(22-16-6-4-3-5-7-16)12-18(19)14-8-10-15(21-2)11-9-14/h3-12H,13H2,1-2H3/b17-12-. The number of allylic oxidation sites excluding steroid dienone is 1. The van der Waals surface area contributed by atoms with E-state index >= 15 is 0 Å². The van der Waals surface area contributed by atoms with Crippen molar-refractivity contribution in [2.75, 3.05) is 20.8 Å². The first-order valence-corrected chi connectivity index (χ1v) is 8.55. The van der Waals surface area contributed by atoms with Crippen molar-refractivity contribution < 1.29 is 14.3 Å². The molecule has 0 aliphatic carbocycles. The van der Waals surface area contributed by atoms with Gasteiger partial charge in [0, 0.05) is 0 Å². The van der Waals surface area contributed by atoms with Crippen molar-refractivity contribution in [2.45, 2.75) is 0 Å². The molecule has 4 heteroatoms. The van der Waals surface area contributed by atoms with E-state index in [9.17, 15) is 4.79 Å². The monoisotopic (exact) mass is 362 g/mol. The van der Waals surface area contributed by atoms with Crippen molar-refractivity contribution in [2.24, 2.45) is 0 Å². The maximum atomic E-state index is 12.4. The molecule has 3 nitrogen and oxygen atoms in total. The van der Waals surface area contributed by atoms with Gasteiger partial charge in [-0.05, 0) is 0 Å². The van der Waals surface area contributed by atoms with E-state index in [0.29, 0.717) is 12.2 Å². The Balaban J connectivity index is 2.15. The zero-order valence-electron chi connectivity index (χ0n) is 12.6. The van der Waals surface area contributed by atoms with Gasteiger partial charge in [-0.1, -0.05) is 0 Å². The van der Waals surface area contributed by atoms with Crippen LogP contribution in [0.1, 0.15) is 10.4 Å². The number of benzene rings is 2. The molecule has 0 aliphatic heterocycles. The van der Waals surface area contributed by atoms with E-state index in [-0.39, 0.29) is 20.7 Å². The first-order chi connectivity index (χ1) is 10.7. The van der Waals surface area contributed by atoms with E-state index in [0.717, 1.165) is 10.2 Å². The number of ether oxygens (including phenoxy) is 2. The maximum absolute atomic E-state index is 12.4. The first kappa shape index (κ1) is 16.5. The summed E-state index contributed by atoms with van der Waals surface area (Å²) in [6.45, 7) is 0.469. The minimum absolute atomic E-state index is 0.00694. The van der Waals surface area contributed by atoms with Crippen LogP contribution in [-0.4, -0.2) is 41.6 Å². The van der Waals surface area contributed by atoms with Gasteiger partial charge < -0.3 is 0 Å². The molecule has 0 unspecified atom stereocenters. The third-order valence-electron chi connectivity index (χ3n) is 2.95. The van der Waals surface area contributed by atoms with Crippen LogP contribution in [0.15, 0.2) is 65.1 Å². The Morgan fingerprint density at radius 2 is 1.73 bits per heavy atom. The van der Waals surface area contributed by atoms with Crippen LogP contribution < -0.4 is 9.20 Å². The van der Waals surface area contributed by atoms with Crippen LogP contribution in [0.4, 0.5) is 0 Å². The van der Waals surface area contributed by atoms with Crippen LogP contribution in [0.5, 0.6) is 5.75 Å². The number of rotatable bonds is 7. The molecular weight excluding hydrogens is 343 g/mol. The average molecular weight is 361 g/mol. The molecular formula is C18H18O3Se. The molecule has 2 aromatic carbocycles. The SMILES string of the molecule is COC/C(=C/C(=O)c1ccc(OC)cc1)[Se]c1ccccc1. The van der Waals surface area contributed by atoms with Gasteiger partial charge in [-0.3, -0.25) is 0 Å². The Kier molecular flexibility index (Phi) is 6.41. The third-order valence-corrected chi connectivity index (χ3v) is 5.06. The first-order valence-electron chi connectivity index (χ1n) is 6.83. The summed E-state index contributed by atoms with van der Waals surface area (Å²) in [5, 5.41) is 0. The van der Waals surface area contributed by atoms with Gasteiger partial charge in [0.05, 0.1) is 0 Å². The topological polar surface area (TPSA) is 35.5 Å². The van der Waals surface area contributed by atoms with Crippen LogP contribution in [0.25, 0.3) is 0 Å². The average Bonchev–Trinajstić information content (AvgIpc) is 2.56. The van der Waals surface area contributed by atoms with Crippen molar-refractivity contribution in [1.29, 1.82) is 0 Å². The number of methoxy groups -OCH3 is 2. The van der Waals surface area contributed by atoms with Gasteiger partial charge in [0.25, 0.3) is 0 Å². The second kappa shape index (κ2) is 8.54. The van der Waals surface area contributed by atoms with E-state index in [1.54, 1.807) is 44.6 Å². The van der Waals surface area contributed by atoms with Crippen molar-refractivity contribution in [3.8, 4) is 5.75 Å². The second-order valence-corrected chi connectivity index (χ2v) is 7.07. The molecule has 0 saturated heterocycles. The van der Waals surface area contributed by atoms with Crippen LogP contribution in [0, 0.1) is 0 Å². The van der Waals surface area contributed by atoms with Crippen LogP contribution in [-0.2, 0) is 4.74 Å². The molecule has 0 N–H and O–H groups in total. The van der Waals surface area contributed by atoms with Gasteiger partial charge >= 0.3 is 137 Å². The molecule has 2 rings (SSSR count). The van der Waals surface area contributed by atoms with Crippen molar-refractivity contribution in [3.63, 3.8) is 0 Å². The fraction of sp³-hybridized carbons (Fsp3) is 0.167. The predicted molar refractivity (Wildman–Crippen MR) is 89.1 cm³/mol. The number of carbonyl (C=O) groups is 1. The molecule has 0 fully saturated rings. The summed E-state index contributed by atoms with van der Waals surface area (Å²) in [6, 6.07) is 17.3. The van der Waals surface area contributed by atoms with E-state index < -0.39 is 0 Å². The minimum atomic E-state index is -0.00694. The normalized spacial score (nSPS) is 11.3. The Morgan fingerprint density at radius 1 is 1.05 bits per heavy atom. The molecule has 0 amide bonds. The molecule has 0 bridgehead atoms. The van der Waals surface area contributed by atoms with Gasteiger partial charge in [0.2, 0.25) is 0 Å². The van der Waals surface area contributed by atoms with Crippen molar-refractivity contribution in [3.05, 3.63) is 70.7 Å². The van der Waals surface area contributed by atoms with Crippen LogP contribution in [0.2, 0.25) is 0 Å². The second-order valence-electron chi connectivity index (χ2n) is 4.55. The summed E-state index contributed by atoms with van der Waals surface area (Å²) in [6.07, 6.45) is 1.69. The molecule has 22 heavy (non-hydrogen) atoms. The fourth-order valence-electron chi connectivity index (χ4n) is 1.87. The summed E-state index contributed by atoms with van der Waals surface area (Å²) in [7, 11) is 3.25. The fourth-order valence-corrected chi connectivity index (χ4v) is 3.84. The molecule has 0 atom stereocenters. The molecule has 0 aromatic heterocycles. The summed E-state index contributed by atoms with van der Waals surface area (Å²) in [5.41, 5.74) is 0.651. The van der Waals surface area contributed by atoms with Gasteiger partial charge in [-0.25, -0.2) is 0 Å². The van der Waals surface area contributed by atoms with E-state index in [2.05, 4.69) is 12.1 Å². The summed E-state index contributed by atoms with van der Waals surface area (Å²) < 4.78 is 12.6. The molecule has 0 aliphatic rings. The summed E-state index contributed by atoms with van der Waals surface area (Å²) >= 11 is 0.0827. The Bertz CT molecular complexity index is 633. The van der Waals surface area contributed by atoms with Crippen molar-refractivity contribution in [1.82, 2.24) is 0 Å². The number of ketones is 1. The summed E-state index contributed by atoms with van der Waals surface area (Å²) in [4.78, 5) is 12.4. The number of carbonyl (C=O) groups excluding carboxylic acids is 1. The quantitative estimate of drug-likeness (QED) is 0.432. The van der Waals surface area contributed by atoms with Crippen LogP contribution >= 0.6 is 0 Å². The zero-order valence-corrected chi connectivity index (χ0v) is 14.3. The van der Waals surface area contributed by atoms with E-state index in [4.69, 9.17) is 9.47 Å². The van der Waals surface area contributed by atoms with Gasteiger partial charge in [0.15, 0.2) is 0 Å². The van der Waals surface area contributed by atoms with Crippen LogP contribution in [0.3, 0.4) is 0 Å². The molecule has 0 radical (unpaired) electrons. The molecule has 2 aromatic rings.